The van der Waals surface area contributed by atoms with Crippen molar-refractivity contribution in [1.82, 2.24) is 20.8 Å². The Morgan fingerprint density at radius 3 is 2.64 bits per heavy atom. The normalized spacial score (nSPS) is 10.3. The fraction of sp³-hybridized carbons (Fsp3) is 0.0588. The van der Waals surface area contributed by atoms with E-state index in [1.54, 1.807) is 11.6 Å². The van der Waals surface area contributed by atoms with E-state index in [9.17, 15) is 14.0 Å². The summed E-state index contributed by atoms with van der Waals surface area (Å²) in [6.07, 6.45) is 1.66. The summed E-state index contributed by atoms with van der Waals surface area (Å²) in [6.45, 7) is 0. The number of benzene rings is 1. The van der Waals surface area contributed by atoms with Crippen molar-refractivity contribution in [2.24, 2.45) is 0 Å². The molecule has 2 amide bonds. The number of hydrazine groups is 1. The molecule has 2 N–H and O–H groups in total. The highest BCUT2D eigenvalue weighted by Gasteiger charge is 2.13. The number of aromatic nitrogens is 2. The van der Waals surface area contributed by atoms with Gasteiger partial charge >= 0.3 is 0 Å². The lowest BCUT2D eigenvalue weighted by atomic mass is 10.2. The molecule has 25 heavy (non-hydrogen) atoms. The van der Waals surface area contributed by atoms with Crippen molar-refractivity contribution in [3.8, 4) is 10.7 Å². The zero-order chi connectivity index (χ0) is 17.6. The number of thiazole rings is 1. The van der Waals surface area contributed by atoms with Crippen LogP contribution in [0.25, 0.3) is 10.7 Å². The third-order valence-electron chi connectivity index (χ3n) is 3.21. The number of carbonyl (C=O) groups is 2. The Bertz CT molecular complexity index is 898. The third-order valence-corrected chi connectivity index (χ3v) is 4.12. The summed E-state index contributed by atoms with van der Waals surface area (Å²) in [7, 11) is 0. The third kappa shape index (κ3) is 4.24. The van der Waals surface area contributed by atoms with E-state index in [2.05, 4.69) is 20.8 Å². The molecule has 0 bridgehead atoms. The van der Waals surface area contributed by atoms with Crippen LogP contribution in [0.2, 0.25) is 0 Å². The number of hydrogen-bond donors (Lipinski definition) is 2. The number of rotatable bonds is 4. The van der Waals surface area contributed by atoms with Crippen LogP contribution in [0, 0.1) is 5.82 Å². The molecule has 0 aliphatic rings. The van der Waals surface area contributed by atoms with Gasteiger partial charge in [0.05, 0.1) is 23.4 Å². The molecule has 0 aliphatic heterocycles. The molecule has 0 unspecified atom stereocenters. The quantitative estimate of drug-likeness (QED) is 0.703. The standard InChI is InChI=1S/C17H13FN4O2S/c18-13-6-2-1-5-12(13)16(24)22-21-15(23)9-11-10-25-17(20-11)14-7-3-4-8-19-14/h1-8,10H,9H2,(H,21,23)(H,22,24). The number of hydrogen-bond acceptors (Lipinski definition) is 5. The molecule has 0 fully saturated rings. The molecule has 1 aromatic carbocycles. The highest BCUT2D eigenvalue weighted by atomic mass is 32.1. The molecular weight excluding hydrogens is 343 g/mol. The summed E-state index contributed by atoms with van der Waals surface area (Å²) in [5.41, 5.74) is 5.58. The molecule has 8 heteroatoms. The average molecular weight is 356 g/mol. The van der Waals surface area contributed by atoms with Crippen molar-refractivity contribution in [1.29, 1.82) is 0 Å². The van der Waals surface area contributed by atoms with Crippen LogP contribution >= 0.6 is 11.3 Å². The minimum atomic E-state index is -0.723. The minimum Gasteiger partial charge on any atom is -0.273 e. The first-order chi connectivity index (χ1) is 12.1. The first-order valence-electron chi connectivity index (χ1n) is 7.33. The van der Waals surface area contributed by atoms with Crippen LogP contribution in [-0.4, -0.2) is 21.8 Å². The van der Waals surface area contributed by atoms with Gasteiger partial charge in [0.1, 0.15) is 10.8 Å². The summed E-state index contributed by atoms with van der Waals surface area (Å²) >= 11 is 1.38. The van der Waals surface area contributed by atoms with Crippen LogP contribution in [0.1, 0.15) is 16.1 Å². The van der Waals surface area contributed by atoms with Gasteiger partial charge in [-0.2, -0.15) is 0 Å². The molecule has 0 saturated heterocycles. The SMILES string of the molecule is O=C(Cc1csc(-c2ccccn2)n1)NNC(=O)c1ccccc1F. The van der Waals surface area contributed by atoms with E-state index < -0.39 is 17.6 Å². The number of pyridine rings is 1. The molecule has 3 aromatic rings. The van der Waals surface area contributed by atoms with Crippen LogP contribution in [0.15, 0.2) is 54.0 Å². The van der Waals surface area contributed by atoms with E-state index in [0.717, 1.165) is 5.69 Å². The highest BCUT2D eigenvalue weighted by Crippen LogP contribution is 2.21. The summed E-state index contributed by atoms with van der Waals surface area (Å²) < 4.78 is 13.5. The fourth-order valence-corrected chi connectivity index (χ4v) is 2.84. The van der Waals surface area contributed by atoms with E-state index in [1.165, 1.54) is 35.6 Å². The Labute approximate surface area is 146 Å². The minimum absolute atomic E-state index is 0.0130. The van der Waals surface area contributed by atoms with Crippen LogP contribution in [0.3, 0.4) is 0 Å². The number of nitrogens with zero attached hydrogens (tertiary/aromatic N) is 2. The molecule has 6 nitrogen and oxygen atoms in total. The predicted octanol–water partition coefficient (Wildman–Crippen LogP) is 2.35. The van der Waals surface area contributed by atoms with E-state index in [1.807, 2.05) is 18.2 Å². The maximum atomic E-state index is 13.5. The maximum Gasteiger partial charge on any atom is 0.272 e. The van der Waals surface area contributed by atoms with E-state index in [4.69, 9.17) is 0 Å². The fourth-order valence-electron chi connectivity index (χ4n) is 2.04. The van der Waals surface area contributed by atoms with Crippen molar-refractivity contribution in [3.63, 3.8) is 0 Å². The second-order valence-corrected chi connectivity index (χ2v) is 5.88. The molecule has 2 aromatic heterocycles. The van der Waals surface area contributed by atoms with Gasteiger partial charge in [-0.05, 0) is 24.3 Å². The maximum absolute atomic E-state index is 13.5. The molecule has 0 aliphatic carbocycles. The average Bonchev–Trinajstić information content (AvgIpc) is 3.09. The second-order valence-electron chi connectivity index (χ2n) is 5.02. The van der Waals surface area contributed by atoms with Gasteiger partial charge in [0.2, 0.25) is 5.91 Å². The zero-order valence-electron chi connectivity index (χ0n) is 12.9. The topological polar surface area (TPSA) is 84.0 Å². The molecule has 0 radical (unpaired) electrons. The first-order valence-corrected chi connectivity index (χ1v) is 8.21. The van der Waals surface area contributed by atoms with Crippen molar-refractivity contribution in [2.75, 3.05) is 0 Å². The van der Waals surface area contributed by atoms with Gasteiger partial charge in [-0.25, -0.2) is 9.37 Å². The van der Waals surface area contributed by atoms with Gasteiger partial charge in [0.25, 0.3) is 5.91 Å². The van der Waals surface area contributed by atoms with Crippen LogP contribution in [0.4, 0.5) is 4.39 Å². The van der Waals surface area contributed by atoms with Gasteiger partial charge in [0, 0.05) is 11.6 Å². The Morgan fingerprint density at radius 2 is 1.88 bits per heavy atom. The van der Waals surface area contributed by atoms with Crippen LogP contribution in [-0.2, 0) is 11.2 Å². The monoisotopic (exact) mass is 356 g/mol. The summed E-state index contributed by atoms with van der Waals surface area (Å²) in [4.78, 5) is 32.3. The molecule has 0 spiro atoms. The lowest BCUT2D eigenvalue weighted by Crippen LogP contribution is -2.42. The summed E-state index contributed by atoms with van der Waals surface area (Å²) in [6, 6.07) is 11.0. The van der Waals surface area contributed by atoms with Gasteiger partial charge < -0.3 is 0 Å². The van der Waals surface area contributed by atoms with Crippen molar-refractivity contribution < 1.29 is 14.0 Å². The number of carbonyl (C=O) groups excluding carboxylic acids is 2. The molecule has 0 atom stereocenters. The number of amides is 2. The zero-order valence-corrected chi connectivity index (χ0v) is 13.7. The van der Waals surface area contributed by atoms with Crippen molar-refractivity contribution in [3.05, 3.63) is 71.1 Å². The number of halogens is 1. The Balaban J connectivity index is 1.56. The predicted molar refractivity (Wildman–Crippen MR) is 91.1 cm³/mol. The lowest BCUT2D eigenvalue weighted by Gasteiger charge is -2.07. The van der Waals surface area contributed by atoms with Gasteiger partial charge in [-0.3, -0.25) is 25.4 Å². The van der Waals surface area contributed by atoms with Crippen LogP contribution < -0.4 is 10.9 Å². The summed E-state index contributed by atoms with van der Waals surface area (Å²) in [5.74, 6) is -1.84. The summed E-state index contributed by atoms with van der Waals surface area (Å²) in [5, 5.41) is 2.46. The van der Waals surface area contributed by atoms with Gasteiger partial charge in [-0.1, -0.05) is 18.2 Å². The van der Waals surface area contributed by atoms with E-state index >= 15 is 0 Å². The van der Waals surface area contributed by atoms with Gasteiger partial charge in [-0.15, -0.1) is 11.3 Å². The number of nitrogens with one attached hydrogen (secondary N) is 2. The van der Waals surface area contributed by atoms with Crippen molar-refractivity contribution in [2.45, 2.75) is 6.42 Å². The molecule has 0 saturated carbocycles. The Kier molecular flexibility index (Phi) is 5.10. The molecule has 2 heterocycles. The Morgan fingerprint density at radius 1 is 1.08 bits per heavy atom. The van der Waals surface area contributed by atoms with E-state index in [-0.39, 0.29) is 12.0 Å². The van der Waals surface area contributed by atoms with Crippen LogP contribution in [0.5, 0.6) is 0 Å². The largest absolute Gasteiger partial charge is 0.273 e. The second kappa shape index (κ2) is 7.63. The highest BCUT2D eigenvalue weighted by molar-refractivity contribution is 7.13. The van der Waals surface area contributed by atoms with Crippen molar-refractivity contribution >= 4 is 23.2 Å². The molecular formula is C17H13FN4O2S. The van der Waals surface area contributed by atoms with Gasteiger partial charge in [0.15, 0.2) is 0 Å². The first kappa shape index (κ1) is 16.7. The molecule has 3 rings (SSSR count). The lowest BCUT2D eigenvalue weighted by molar-refractivity contribution is -0.121. The van der Waals surface area contributed by atoms with E-state index in [0.29, 0.717) is 10.7 Å². The molecule has 126 valence electrons. The Hall–Kier alpha value is -3.13. The smallest absolute Gasteiger partial charge is 0.272 e.